The second-order valence-electron chi connectivity index (χ2n) is 7.98. The lowest BCUT2D eigenvalue weighted by Gasteiger charge is -2.39. The number of aryl methyl sites for hydroxylation is 1. The molecule has 6 nitrogen and oxygen atoms in total. The number of hydrogen-bond acceptors (Lipinski definition) is 4. The van der Waals surface area contributed by atoms with Crippen LogP contribution >= 0.6 is 0 Å². The van der Waals surface area contributed by atoms with E-state index in [9.17, 15) is 14.0 Å². The van der Waals surface area contributed by atoms with Crippen molar-refractivity contribution in [2.45, 2.75) is 32.7 Å². The summed E-state index contributed by atoms with van der Waals surface area (Å²) < 4.78 is 24.8. The van der Waals surface area contributed by atoms with Crippen LogP contribution in [0.15, 0.2) is 34.9 Å². The zero-order valence-corrected chi connectivity index (χ0v) is 16.7. The van der Waals surface area contributed by atoms with E-state index in [1.165, 1.54) is 19.4 Å². The average molecular weight is 400 g/mol. The first-order chi connectivity index (χ1) is 13.9. The van der Waals surface area contributed by atoms with Crippen LogP contribution in [0.3, 0.4) is 0 Å². The summed E-state index contributed by atoms with van der Waals surface area (Å²) >= 11 is 0. The maximum absolute atomic E-state index is 14.3. The lowest BCUT2D eigenvalue weighted by molar-refractivity contribution is -0.146. The number of amides is 2. The highest BCUT2D eigenvalue weighted by atomic mass is 19.1. The van der Waals surface area contributed by atoms with Crippen LogP contribution in [-0.2, 0) is 11.3 Å². The molecular weight excluding hydrogens is 375 g/mol. The van der Waals surface area contributed by atoms with Crippen molar-refractivity contribution in [3.63, 3.8) is 0 Å². The van der Waals surface area contributed by atoms with Gasteiger partial charge in [0.2, 0.25) is 5.91 Å². The molecule has 0 radical (unpaired) electrons. The first-order valence-corrected chi connectivity index (χ1v) is 9.89. The molecule has 3 heterocycles. The van der Waals surface area contributed by atoms with Crippen molar-refractivity contribution in [1.29, 1.82) is 0 Å². The monoisotopic (exact) mass is 400 g/mol. The molecule has 1 aromatic carbocycles. The minimum Gasteiger partial charge on any atom is -0.497 e. The summed E-state index contributed by atoms with van der Waals surface area (Å²) in [5, 5.41) is 0. The van der Waals surface area contributed by atoms with E-state index >= 15 is 0 Å². The summed E-state index contributed by atoms with van der Waals surface area (Å²) in [6.07, 6.45) is 3.70. The summed E-state index contributed by atoms with van der Waals surface area (Å²) in [5.74, 6) is 0.368. The highest BCUT2D eigenvalue weighted by Gasteiger charge is 2.49. The zero-order chi connectivity index (χ0) is 20.6. The van der Waals surface area contributed by atoms with Crippen LogP contribution in [0.4, 0.5) is 4.39 Å². The molecule has 2 aromatic rings. The smallest absolute Gasteiger partial charge is 0.289 e. The Bertz CT molecular complexity index is 941. The summed E-state index contributed by atoms with van der Waals surface area (Å²) in [6.45, 7) is 3.52. The molecule has 2 saturated heterocycles. The Kier molecular flexibility index (Phi) is 5.06. The second kappa shape index (κ2) is 7.54. The molecule has 0 N–H and O–H groups in total. The number of halogens is 1. The van der Waals surface area contributed by atoms with Crippen LogP contribution in [0.5, 0.6) is 5.75 Å². The van der Waals surface area contributed by atoms with E-state index in [-0.39, 0.29) is 24.2 Å². The van der Waals surface area contributed by atoms with E-state index in [0.29, 0.717) is 43.1 Å². The van der Waals surface area contributed by atoms with Gasteiger partial charge in [0, 0.05) is 37.3 Å². The van der Waals surface area contributed by atoms with Crippen molar-refractivity contribution in [2.24, 2.45) is 5.41 Å². The van der Waals surface area contributed by atoms with Gasteiger partial charge in [-0.1, -0.05) is 0 Å². The molecule has 2 aliphatic heterocycles. The zero-order valence-electron chi connectivity index (χ0n) is 16.7. The average Bonchev–Trinajstić information content (AvgIpc) is 3.34. The summed E-state index contributed by atoms with van der Waals surface area (Å²) in [6, 6.07) is 6.32. The van der Waals surface area contributed by atoms with Crippen molar-refractivity contribution >= 4 is 11.8 Å². The number of hydrogen-bond donors (Lipinski definition) is 0. The molecule has 29 heavy (non-hydrogen) atoms. The minimum atomic E-state index is -0.594. The molecule has 1 atom stereocenters. The van der Waals surface area contributed by atoms with Gasteiger partial charge in [0.05, 0.1) is 18.8 Å². The van der Waals surface area contributed by atoms with Gasteiger partial charge in [0.15, 0.2) is 5.76 Å². The van der Waals surface area contributed by atoms with Crippen LogP contribution in [0.2, 0.25) is 0 Å². The number of piperidine rings is 1. The van der Waals surface area contributed by atoms with Crippen LogP contribution in [-0.4, -0.2) is 48.4 Å². The fraction of sp³-hybridized carbons (Fsp3) is 0.455. The summed E-state index contributed by atoms with van der Waals surface area (Å²) in [4.78, 5) is 29.6. The Balaban J connectivity index is 1.50. The maximum Gasteiger partial charge on any atom is 0.289 e. The molecule has 4 rings (SSSR count). The Morgan fingerprint density at radius 2 is 2.10 bits per heavy atom. The molecule has 2 amide bonds. The predicted octanol–water partition coefficient (Wildman–Crippen LogP) is 3.39. The summed E-state index contributed by atoms with van der Waals surface area (Å²) in [7, 11) is 1.53. The number of rotatable bonds is 4. The van der Waals surface area contributed by atoms with E-state index in [1.807, 2.05) is 6.92 Å². The van der Waals surface area contributed by atoms with Crippen molar-refractivity contribution in [3.8, 4) is 5.75 Å². The number of methoxy groups -OCH3 is 1. The molecule has 0 bridgehead atoms. The predicted molar refractivity (Wildman–Crippen MR) is 104 cm³/mol. The van der Waals surface area contributed by atoms with Crippen molar-refractivity contribution < 1.29 is 23.1 Å². The van der Waals surface area contributed by atoms with Crippen LogP contribution in [0.25, 0.3) is 0 Å². The third-order valence-electron chi connectivity index (χ3n) is 6.14. The topological polar surface area (TPSA) is 63.0 Å². The van der Waals surface area contributed by atoms with Crippen molar-refractivity contribution in [1.82, 2.24) is 9.80 Å². The number of carbonyl (C=O) groups excluding carboxylic acids is 2. The third kappa shape index (κ3) is 3.50. The largest absolute Gasteiger partial charge is 0.497 e. The summed E-state index contributed by atoms with van der Waals surface area (Å²) in [5.41, 5.74) is 0.636. The maximum atomic E-state index is 14.3. The molecule has 1 aromatic heterocycles. The molecule has 154 valence electrons. The number of carbonyl (C=O) groups is 2. The van der Waals surface area contributed by atoms with Crippen LogP contribution in [0, 0.1) is 18.2 Å². The van der Waals surface area contributed by atoms with Gasteiger partial charge in [-0.3, -0.25) is 9.59 Å². The number of benzene rings is 1. The van der Waals surface area contributed by atoms with Crippen LogP contribution < -0.4 is 4.74 Å². The molecular formula is C22H25FN2O4. The lowest BCUT2D eigenvalue weighted by atomic mass is 9.78. The number of likely N-dealkylation sites (tertiary alicyclic amines) is 2. The number of ether oxygens (including phenoxy) is 1. The molecule has 0 aliphatic carbocycles. The first kappa shape index (κ1) is 19.5. The number of furan rings is 1. The van der Waals surface area contributed by atoms with E-state index in [1.54, 1.807) is 28.0 Å². The van der Waals surface area contributed by atoms with Crippen molar-refractivity contribution in [2.75, 3.05) is 26.7 Å². The van der Waals surface area contributed by atoms with Crippen LogP contribution in [0.1, 0.15) is 40.9 Å². The van der Waals surface area contributed by atoms with Gasteiger partial charge in [0.1, 0.15) is 11.6 Å². The standard InChI is InChI=1S/C22H25FN2O4/c1-15-6-11-29-19(15)20(26)25-10-8-22(14-25)7-3-9-24(21(22)27)13-16-12-17(28-2)4-5-18(16)23/h4-6,11-12H,3,7-10,13-14H2,1-2H3. The van der Waals surface area contributed by atoms with Gasteiger partial charge < -0.3 is 19.0 Å². The molecule has 0 saturated carbocycles. The Morgan fingerprint density at radius 3 is 2.83 bits per heavy atom. The van der Waals surface area contributed by atoms with Gasteiger partial charge in [-0.05, 0) is 50.5 Å². The van der Waals surface area contributed by atoms with Gasteiger partial charge in [0.25, 0.3) is 5.91 Å². The molecule has 1 unspecified atom stereocenters. The Labute approximate surface area is 169 Å². The fourth-order valence-corrected chi connectivity index (χ4v) is 4.47. The second-order valence-corrected chi connectivity index (χ2v) is 7.98. The van der Waals surface area contributed by atoms with Gasteiger partial charge in [-0.2, -0.15) is 0 Å². The normalized spacial score (nSPS) is 21.8. The minimum absolute atomic E-state index is 0.00237. The van der Waals surface area contributed by atoms with E-state index < -0.39 is 5.41 Å². The number of nitrogens with zero attached hydrogens (tertiary/aromatic N) is 2. The van der Waals surface area contributed by atoms with E-state index in [0.717, 1.165) is 18.4 Å². The van der Waals surface area contributed by atoms with Gasteiger partial charge in [-0.15, -0.1) is 0 Å². The molecule has 2 fully saturated rings. The first-order valence-electron chi connectivity index (χ1n) is 9.89. The van der Waals surface area contributed by atoms with E-state index in [2.05, 4.69) is 0 Å². The highest BCUT2D eigenvalue weighted by molar-refractivity contribution is 5.94. The Morgan fingerprint density at radius 1 is 1.28 bits per heavy atom. The Hall–Kier alpha value is -2.83. The van der Waals surface area contributed by atoms with E-state index in [4.69, 9.17) is 9.15 Å². The highest BCUT2D eigenvalue weighted by Crippen LogP contribution is 2.41. The lowest BCUT2D eigenvalue weighted by Crippen LogP contribution is -2.50. The fourth-order valence-electron chi connectivity index (χ4n) is 4.47. The molecule has 1 spiro atoms. The van der Waals surface area contributed by atoms with Crippen molar-refractivity contribution in [3.05, 3.63) is 53.2 Å². The van der Waals surface area contributed by atoms with Gasteiger partial charge >= 0.3 is 0 Å². The SMILES string of the molecule is COc1ccc(F)c(CN2CCCC3(CCN(C(=O)c4occc4C)C3)C2=O)c1. The quantitative estimate of drug-likeness (QED) is 0.789. The third-order valence-corrected chi connectivity index (χ3v) is 6.14. The van der Waals surface area contributed by atoms with Gasteiger partial charge in [-0.25, -0.2) is 4.39 Å². The molecule has 7 heteroatoms. The molecule has 2 aliphatic rings.